The first-order chi connectivity index (χ1) is 9.24. The van der Waals surface area contributed by atoms with E-state index in [9.17, 15) is 0 Å². The molecule has 4 nitrogen and oxygen atoms in total. The van der Waals surface area contributed by atoms with Crippen LogP contribution < -0.4 is 5.32 Å². The lowest BCUT2D eigenvalue weighted by molar-refractivity contribution is 0.212. The van der Waals surface area contributed by atoms with Gasteiger partial charge in [-0.05, 0) is 36.8 Å². The van der Waals surface area contributed by atoms with E-state index in [0.29, 0.717) is 6.04 Å². The number of para-hydroxylation sites is 2. The molecule has 1 aliphatic rings. The summed E-state index contributed by atoms with van der Waals surface area (Å²) in [4.78, 5) is 0. The van der Waals surface area contributed by atoms with Crippen LogP contribution in [0.1, 0.15) is 26.7 Å². The van der Waals surface area contributed by atoms with Crippen LogP contribution in [-0.4, -0.2) is 21.0 Å². The topological polar surface area (TPSA) is 42.7 Å². The molecule has 1 N–H and O–H groups in total. The Morgan fingerprint density at radius 2 is 2.05 bits per heavy atom. The van der Waals surface area contributed by atoms with Gasteiger partial charge >= 0.3 is 0 Å². The highest BCUT2D eigenvalue weighted by molar-refractivity contribution is 5.61. The van der Waals surface area contributed by atoms with Crippen LogP contribution in [-0.2, 0) is 0 Å². The average molecular weight is 256 g/mol. The van der Waals surface area contributed by atoms with Crippen molar-refractivity contribution in [1.82, 2.24) is 15.0 Å². The minimum Gasteiger partial charge on any atom is -0.381 e. The Morgan fingerprint density at radius 1 is 1.26 bits per heavy atom. The SMILES string of the molecule is CC(C)C1CC(Nc2ccccc2-n2ccnn2)C1. The van der Waals surface area contributed by atoms with Crippen molar-refractivity contribution in [3.63, 3.8) is 0 Å². The minimum absolute atomic E-state index is 0.595. The fourth-order valence-corrected chi connectivity index (χ4v) is 2.68. The van der Waals surface area contributed by atoms with Crippen molar-refractivity contribution in [3.05, 3.63) is 36.7 Å². The van der Waals surface area contributed by atoms with Gasteiger partial charge in [0.1, 0.15) is 0 Å². The summed E-state index contributed by atoms with van der Waals surface area (Å²) < 4.78 is 1.81. The number of benzene rings is 1. The summed E-state index contributed by atoms with van der Waals surface area (Å²) >= 11 is 0. The monoisotopic (exact) mass is 256 g/mol. The molecule has 0 aliphatic heterocycles. The third-order valence-corrected chi connectivity index (χ3v) is 4.05. The van der Waals surface area contributed by atoms with Crippen LogP contribution >= 0.6 is 0 Å². The summed E-state index contributed by atoms with van der Waals surface area (Å²) in [5.74, 6) is 1.67. The Hall–Kier alpha value is -1.84. The molecular formula is C15H20N4. The van der Waals surface area contributed by atoms with Gasteiger partial charge in [0.15, 0.2) is 0 Å². The normalized spacial score (nSPS) is 22.3. The Labute approximate surface area is 113 Å². The molecule has 1 aromatic heterocycles. The van der Waals surface area contributed by atoms with Gasteiger partial charge in [0.2, 0.25) is 0 Å². The summed E-state index contributed by atoms with van der Waals surface area (Å²) in [5.41, 5.74) is 2.20. The third kappa shape index (κ3) is 2.48. The Morgan fingerprint density at radius 3 is 2.74 bits per heavy atom. The van der Waals surface area contributed by atoms with Gasteiger partial charge in [0.05, 0.1) is 23.8 Å². The molecule has 1 fully saturated rings. The molecule has 0 bridgehead atoms. The molecule has 2 aromatic rings. The van der Waals surface area contributed by atoms with E-state index in [1.165, 1.54) is 12.8 Å². The van der Waals surface area contributed by atoms with Crippen molar-refractivity contribution in [1.29, 1.82) is 0 Å². The number of hydrogen-bond acceptors (Lipinski definition) is 3. The summed E-state index contributed by atoms with van der Waals surface area (Å²) in [6.07, 6.45) is 6.11. The number of rotatable bonds is 4. The molecule has 0 amide bonds. The molecule has 1 heterocycles. The van der Waals surface area contributed by atoms with Crippen LogP contribution in [0, 0.1) is 11.8 Å². The quantitative estimate of drug-likeness (QED) is 0.914. The maximum absolute atomic E-state index is 4.07. The minimum atomic E-state index is 0.595. The molecular weight excluding hydrogens is 236 g/mol. The van der Waals surface area contributed by atoms with Crippen molar-refractivity contribution < 1.29 is 0 Å². The van der Waals surface area contributed by atoms with Crippen molar-refractivity contribution in [2.24, 2.45) is 11.8 Å². The lowest BCUT2D eigenvalue weighted by Gasteiger charge is -2.39. The van der Waals surface area contributed by atoms with E-state index >= 15 is 0 Å². The molecule has 0 atom stereocenters. The van der Waals surface area contributed by atoms with E-state index in [4.69, 9.17) is 0 Å². The largest absolute Gasteiger partial charge is 0.381 e. The Balaban J connectivity index is 1.72. The van der Waals surface area contributed by atoms with Gasteiger partial charge in [0.25, 0.3) is 0 Å². The smallest absolute Gasteiger partial charge is 0.0894 e. The zero-order chi connectivity index (χ0) is 13.2. The lowest BCUT2D eigenvalue weighted by Crippen LogP contribution is -2.38. The highest BCUT2D eigenvalue weighted by atomic mass is 15.4. The fourth-order valence-electron chi connectivity index (χ4n) is 2.68. The van der Waals surface area contributed by atoms with Gasteiger partial charge in [-0.25, -0.2) is 4.68 Å². The van der Waals surface area contributed by atoms with Gasteiger partial charge in [0, 0.05) is 6.04 Å². The zero-order valence-electron chi connectivity index (χ0n) is 11.5. The van der Waals surface area contributed by atoms with Gasteiger partial charge in [-0.1, -0.05) is 31.2 Å². The Kier molecular flexibility index (Phi) is 3.23. The number of nitrogens with zero attached hydrogens (tertiary/aromatic N) is 3. The first-order valence-corrected chi connectivity index (χ1v) is 6.96. The van der Waals surface area contributed by atoms with Gasteiger partial charge in [-0.15, -0.1) is 5.10 Å². The second-order valence-corrected chi connectivity index (χ2v) is 5.68. The van der Waals surface area contributed by atoms with Gasteiger partial charge < -0.3 is 5.32 Å². The fraction of sp³-hybridized carbons (Fsp3) is 0.467. The van der Waals surface area contributed by atoms with Crippen molar-refractivity contribution >= 4 is 5.69 Å². The molecule has 19 heavy (non-hydrogen) atoms. The number of aromatic nitrogens is 3. The van der Waals surface area contributed by atoms with Crippen LogP contribution in [0.3, 0.4) is 0 Å². The molecule has 0 saturated heterocycles. The number of hydrogen-bond donors (Lipinski definition) is 1. The molecule has 0 unspecified atom stereocenters. The third-order valence-electron chi connectivity index (χ3n) is 4.05. The summed E-state index contributed by atoms with van der Waals surface area (Å²) in [7, 11) is 0. The lowest BCUT2D eigenvalue weighted by atomic mass is 9.73. The molecule has 100 valence electrons. The van der Waals surface area contributed by atoms with E-state index in [0.717, 1.165) is 23.2 Å². The summed E-state index contributed by atoms with van der Waals surface area (Å²) in [5, 5.41) is 11.6. The maximum Gasteiger partial charge on any atom is 0.0894 e. The van der Waals surface area contributed by atoms with E-state index in [1.807, 2.05) is 12.3 Å². The highest BCUT2D eigenvalue weighted by Crippen LogP contribution is 2.36. The maximum atomic E-state index is 4.07. The molecule has 3 rings (SSSR count). The second kappa shape index (κ2) is 5.03. The van der Waals surface area contributed by atoms with Crippen molar-refractivity contribution in [2.75, 3.05) is 5.32 Å². The van der Waals surface area contributed by atoms with Crippen molar-refractivity contribution in [2.45, 2.75) is 32.7 Å². The molecule has 0 spiro atoms. The van der Waals surface area contributed by atoms with Crippen molar-refractivity contribution in [3.8, 4) is 5.69 Å². The molecule has 0 radical (unpaired) electrons. The molecule has 1 saturated carbocycles. The summed E-state index contributed by atoms with van der Waals surface area (Å²) in [6.45, 7) is 4.62. The van der Waals surface area contributed by atoms with E-state index < -0.39 is 0 Å². The average Bonchev–Trinajstić information content (AvgIpc) is 2.87. The summed E-state index contributed by atoms with van der Waals surface area (Å²) in [6, 6.07) is 8.85. The van der Waals surface area contributed by atoms with E-state index in [1.54, 1.807) is 10.9 Å². The highest BCUT2D eigenvalue weighted by Gasteiger charge is 2.31. The zero-order valence-corrected chi connectivity index (χ0v) is 11.5. The standard InChI is InChI=1S/C15H20N4/c1-11(2)12-9-13(10-12)17-14-5-3-4-6-15(14)19-8-7-16-18-19/h3-8,11-13,17H,9-10H2,1-2H3. The second-order valence-electron chi connectivity index (χ2n) is 5.68. The first-order valence-electron chi connectivity index (χ1n) is 6.96. The van der Waals surface area contributed by atoms with Gasteiger partial charge in [-0.2, -0.15) is 0 Å². The first kappa shape index (κ1) is 12.2. The Bertz CT molecular complexity index is 527. The van der Waals surface area contributed by atoms with Crippen LogP contribution in [0.4, 0.5) is 5.69 Å². The van der Waals surface area contributed by atoms with Crippen LogP contribution in [0.2, 0.25) is 0 Å². The molecule has 1 aromatic carbocycles. The predicted molar refractivity (Wildman–Crippen MR) is 76.3 cm³/mol. The number of anilines is 1. The van der Waals surface area contributed by atoms with Crippen LogP contribution in [0.25, 0.3) is 5.69 Å². The van der Waals surface area contributed by atoms with Crippen LogP contribution in [0.15, 0.2) is 36.7 Å². The molecule has 1 aliphatic carbocycles. The molecule has 4 heteroatoms. The number of nitrogens with one attached hydrogen (secondary N) is 1. The van der Waals surface area contributed by atoms with E-state index in [2.05, 4.69) is 47.7 Å². The van der Waals surface area contributed by atoms with E-state index in [-0.39, 0.29) is 0 Å². The predicted octanol–water partition coefficient (Wildman–Crippen LogP) is 3.11. The van der Waals surface area contributed by atoms with Gasteiger partial charge in [-0.3, -0.25) is 0 Å². The van der Waals surface area contributed by atoms with Crippen LogP contribution in [0.5, 0.6) is 0 Å².